The number of aromatic nitrogens is 3. The van der Waals surface area contributed by atoms with Crippen LogP contribution in [0, 0.1) is 5.92 Å². The minimum atomic E-state index is -0.582. The average molecular weight is 403 g/mol. The van der Waals surface area contributed by atoms with Gasteiger partial charge in [-0.05, 0) is 18.1 Å². The number of pyridine rings is 1. The summed E-state index contributed by atoms with van der Waals surface area (Å²) in [6, 6.07) is 15.0. The summed E-state index contributed by atoms with van der Waals surface area (Å²) in [6.07, 6.45) is 4.67. The smallest absolute Gasteiger partial charge is 0.251 e. The molecule has 0 aliphatic carbocycles. The van der Waals surface area contributed by atoms with Crippen molar-refractivity contribution >= 4 is 5.91 Å². The van der Waals surface area contributed by atoms with Crippen molar-refractivity contribution in [1.82, 2.24) is 19.0 Å². The zero-order valence-electron chi connectivity index (χ0n) is 16.7. The van der Waals surface area contributed by atoms with Crippen molar-refractivity contribution in [3.8, 4) is 0 Å². The number of benzene rings is 1. The number of carbonyl (C=O) groups is 1. The van der Waals surface area contributed by atoms with Crippen molar-refractivity contribution in [2.24, 2.45) is 11.7 Å². The molecule has 154 valence electrons. The first-order valence-electron chi connectivity index (χ1n) is 10.4. The van der Waals surface area contributed by atoms with Crippen LogP contribution in [0.25, 0.3) is 0 Å². The van der Waals surface area contributed by atoms with Gasteiger partial charge in [0.15, 0.2) is 0 Å². The van der Waals surface area contributed by atoms with Crippen LogP contribution in [0.5, 0.6) is 0 Å². The second-order valence-corrected chi connectivity index (χ2v) is 8.39. The molecule has 2 bridgehead atoms. The summed E-state index contributed by atoms with van der Waals surface area (Å²) in [6.45, 7) is 3.12. The SMILES string of the molecule is NC(=O)[C@H]1[C@H]2C[C@H](CN(Cc3cncn3Cc3ccccc3)C2)c2cccc(=O)n21. The van der Waals surface area contributed by atoms with Crippen molar-refractivity contribution in [3.63, 3.8) is 0 Å². The third-order valence-corrected chi connectivity index (χ3v) is 6.39. The Morgan fingerprint density at radius 3 is 2.70 bits per heavy atom. The summed E-state index contributed by atoms with van der Waals surface area (Å²) >= 11 is 0. The van der Waals surface area contributed by atoms with E-state index in [1.165, 1.54) is 11.6 Å². The molecule has 2 aliphatic heterocycles. The van der Waals surface area contributed by atoms with Gasteiger partial charge in [-0.15, -0.1) is 0 Å². The maximum atomic E-state index is 12.5. The molecule has 7 nitrogen and oxygen atoms in total. The van der Waals surface area contributed by atoms with Crippen LogP contribution in [0.1, 0.15) is 35.3 Å². The van der Waals surface area contributed by atoms with Gasteiger partial charge in [0.25, 0.3) is 5.56 Å². The van der Waals surface area contributed by atoms with E-state index in [1.807, 2.05) is 36.8 Å². The molecule has 2 aliphatic rings. The van der Waals surface area contributed by atoms with Gasteiger partial charge < -0.3 is 10.3 Å². The molecule has 30 heavy (non-hydrogen) atoms. The van der Waals surface area contributed by atoms with Gasteiger partial charge in [0.1, 0.15) is 6.04 Å². The summed E-state index contributed by atoms with van der Waals surface area (Å²) in [7, 11) is 0. The van der Waals surface area contributed by atoms with E-state index in [0.29, 0.717) is 0 Å². The van der Waals surface area contributed by atoms with Crippen LogP contribution in [0.2, 0.25) is 0 Å². The molecular formula is C23H25N5O2. The van der Waals surface area contributed by atoms with Crippen molar-refractivity contribution in [1.29, 1.82) is 0 Å². The lowest BCUT2D eigenvalue weighted by molar-refractivity contribution is -0.124. The molecule has 0 saturated carbocycles. The molecule has 0 spiro atoms. The second-order valence-electron chi connectivity index (χ2n) is 8.39. The fraction of sp³-hybridized carbons (Fsp3) is 0.348. The molecule has 0 unspecified atom stereocenters. The Morgan fingerprint density at radius 1 is 1.07 bits per heavy atom. The molecule has 1 amide bonds. The second kappa shape index (κ2) is 7.57. The number of amides is 1. The number of nitrogens with two attached hydrogens (primary N) is 1. The average Bonchev–Trinajstić information content (AvgIpc) is 3.16. The number of imidazole rings is 1. The van der Waals surface area contributed by atoms with Crippen LogP contribution >= 0.6 is 0 Å². The molecule has 3 aromatic rings. The summed E-state index contributed by atoms with van der Waals surface area (Å²) in [5.74, 6) is -0.165. The minimum Gasteiger partial charge on any atom is -0.368 e. The number of hydrogen-bond acceptors (Lipinski definition) is 4. The highest BCUT2D eigenvalue weighted by atomic mass is 16.2. The molecule has 3 atom stereocenters. The third kappa shape index (κ3) is 3.35. The predicted molar refractivity (Wildman–Crippen MR) is 113 cm³/mol. The van der Waals surface area contributed by atoms with E-state index < -0.39 is 11.9 Å². The van der Waals surface area contributed by atoms with Crippen molar-refractivity contribution < 1.29 is 4.79 Å². The first kappa shape index (κ1) is 18.8. The van der Waals surface area contributed by atoms with Crippen LogP contribution in [0.3, 0.4) is 0 Å². The van der Waals surface area contributed by atoms with Gasteiger partial charge >= 0.3 is 0 Å². The zero-order chi connectivity index (χ0) is 20.7. The van der Waals surface area contributed by atoms with E-state index in [4.69, 9.17) is 5.73 Å². The largest absolute Gasteiger partial charge is 0.368 e. The van der Waals surface area contributed by atoms with Gasteiger partial charge in [0.05, 0.1) is 12.0 Å². The van der Waals surface area contributed by atoms with Crippen LogP contribution in [-0.2, 0) is 17.9 Å². The Bertz CT molecular complexity index is 1120. The lowest BCUT2D eigenvalue weighted by Gasteiger charge is -2.46. The first-order valence-corrected chi connectivity index (χ1v) is 10.4. The first-order chi connectivity index (χ1) is 14.6. The van der Waals surface area contributed by atoms with E-state index in [0.717, 1.165) is 44.0 Å². The van der Waals surface area contributed by atoms with Gasteiger partial charge in [-0.1, -0.05) is 36.4 Å². The number of carbonyl (C=O) groups excluding carboxylic acids is 1. The van der Waals surface area contributed by atoms with E-state index in [-0.39, 0.29) is 17.4 Å². The van der Waals surface area contributed by atoms with E-state index in [2.05, 4.69) is 26.6 Å². The maximum absolute atomic E-state index is 12.5. The quantitative estimate of drug-likeness (QED) is 0.703. The number of hydrogen-bond donors (Lipinski definition) is 1. The summed E-state index contributed by atoms with van der Waals surface area (Å²) in [5, 5.41) is 0. The molecule has 1 fully saturated rings. The Morgan fingerprint density at radius 2 is 1.90 bits per heavy atom. The normalized spacial score (nSPS) is 23.1. The fourth-order valence-corrected chi connectivity index (χ4v) is 5.15. The number of fused-ring (bicyclic) bond motifs is 4. The van der Waals surface area contributed by atoms with Crippen LogP contribution in [-0.4, -0.2) is 38.0 Å². The Balaban J connectivity index is 1.40. The molecule has 1 aromatic carbocycles. The predicted octanol–water partition coefficient (Wildman–Crippen LogP) is 1.74. The summed E-state index contributed by atoms with van der Waals surface area (Å²) in [4.78, 5) is 31.5. The monoisotopic (exact) mass is 403 g/mol. The van der Waals surface area contributed by atoms with Crippen LogP contribution in [0.15, 0.2) is 65.8 Å². The van der Waals surface area contributed by atoms with Gasteiger partial charge in [-0.25, -0.2) is 4.98 Å². The standard InChI is InChI=1S/C23H25N5O2/c24-23(30)22-18-9-17(20-7-4-8-21(29)28(20)22)12-26(13-18)14-19-10-25-15-27(19)11-16-5-2-1-3-6-16/h1-8,10,15,17-18,22H,9,11-14H2,(H2,24,30)/t17-,18+,22-/m1/s1. The molecule has 4 heterocycles. The van der Waals surface area contributed by atoms with Gasteiger partial charge in [0, 0.05) is 56.0 Å². The highest BCUT2D eigenvalue weighted by molar-refractivity contribution is 5.79. The van der Waals surface area contributed by atoms with Crippen molar-refractivity contribution in [2.75, 3.05) is 13.1 Å². The third-order valence-electron chi connectivity index (χ3n) is 6.39. The van der Waals surface area contributed by atoms with Gasteiger partial charge in [0.2, 0.25) is 5.91 Å². The van der Waals surface area contributed by atoms with E-state index in [9.17, 15) is 9.59 Å². The molecule has 2 N–H and O–H groups in total. The van der Waals surface area contributed by atoms with Crippen molar-refractivity contribution in [3.05, 3.63) is 88.4 Å². The van der Waals surface area contributed by atoms with Crippen LogP contribution < -0.4 is 11.3 Å². The maximum Gasteiger partial charge on any atom is 0.251 e. The summed E-state index contributed by atoms with van der Waals surface area (Å²) < 4.78 is 3.81. The topological polar surface area (TPSA) is 86.2 Å². The number of piperidine rings is 1. The minimum absolute atomic E-state index is 0.0411. The molecule has 5 rings (SSSR count). The number of nitrogens with zero attached hydrogens (tertiary/aromatic N) is 4. The lowest BCUT2D eigenvalue weighted by Crippen LogP contribution is -2.52. The number of primary amides is 1. The highest BCUT2D eigenvalue weighted by Gasteiger charge is 2.42. The van der Waals surface area contributed by atoms with Gasteiger partial charge in [-0.3, -0.25) is 19.1 Å². The zero-order valence-corrected chi connectivity index (χ0v) is 16.7. The van der Waals surface area contributed by atoms with Gasteiger partial charge in [-0.2, -0.15) is 0 Å². The molecule has 2 aromatic heterocycles. The van der Waals surface area contributed by atoms with E-state index >= 15 is 0 Å². The Kier molecular flexibility index (Phi) is 4.75. The molecular weight excluding hydrogens is 378 g/mol. The highest BCUT2D eigenvalue weighted by Crippen LogP contribution is 2.41. The summed E-state index contributed by atoms with van der Waals surface area (Å²) in [5.41, 5.74) is 8.90. The van der Waals surface area contributed by atoms with E-state index in [1.54, 1.807) is 10.6 Å². The Hall–Kier alpha value is -3.19. The number of rotatable bonds is 5. The lowest BCUT2D eigenvalue weighted by atomic mass is 9.78. The molecule has 0 radical (unpaired) electrons. The Labute approximate surface area is 174 Å². The van der Waals surface area contributed by atoms with Crippen molar-refractivity contribution in [2.45, 2.75) is 31.5 Å². The molecule has 1 saturated heterocycles. The number of likely N-dealkylation sites (tertiary alicyclic amines) is 1. The fourth-order valence-electron chi connectivity index (χ4n) is 5.15. The molecule has 7 heteroatoms. The van der Waals surface area contributed by atoms with Crippen LogP contribution in [0.4, 0.5) is 0 Å².